The van der Waals surface area contributed by atoms with Crippen molar-refractivity contribution in [2.75, 3.05) is 18.5 Å². The number of pyridine rings is 1. The monoisotopic (exact) mass is 686 g/mol. The fourth-order valence-electron chi connectivity index (χ4n) is 4.26. The van der Waals surface area contributed by atoms with Gasteiger partial charge < -0.3 is 20.5 Å². The van der Waals surface area contributed by atoms with Crippen molar-refractivity contribution in [1.29, 1.82) is 0 Å². The molecule has 17 heteroatoms. The van der Waals surface area contributed by atoms with Crippen LogP contribution in [0.1, 0.15) is 23.7 Å². The number of aromatic amines is 1. The molecule has 0 saturated carbocycles. The van der Waals surface area contributed by atoms with E-state index in [0.29, 0.717) is 34.0 Å². The number of fused-ring (bicyclic) bond motifs is 2. The first kappa shape index (κ1) is 35.3. The van der Waals surface area contributed by atoms with E-state index < -0.39 is 39.7 Å². The summed E-state index contributed by atoms with van der Waals surface area (Å²) in [5, 5.41) is 23.3. The normalized spacial score (nSPS) is 12.8. The fourth-order valence-corrected chi connectivity index (χ4v) is 5.78. The number of carbonyl (C=O) groups excluding carboxylic acids is 2. The zero-order valence-electron chi connectivity index (χ0n) is 25.1. The van der Waals surface area contributed by atoms with E-state index >= 15 is 0 Å². The average Bonchev–Trinajstić information content (AvgIpc) is 3.52. The number of carboxylic acid groups (broad SMARTS) is 1. The van der Waals surface area contributed by atoms with Gasteiger partial charge in [-0.1, -0.05) is 42.5 Å². The van der Waals surface area contributed by atoms with Crippen LogP contribution in [-0.4, -0.2) is 71.5 Å². The standard InChI is InChI=1S/C21H18N4O5S.C10H11F3N2O2/c1-21(20(27)28,23-19(26)14-9-10-17-15(11-14)12-22-24-17)25-31(29,30)18-8-4-6-13-5-2-3-7-16(13)18;11-10(12,13)9(16)17-7-3-6-15-8-4-1-2-5-14-8/h2-12,25H,1H3,(H,22,24)(H,23,26)(H,27,28);1-2,4-5H,3,6-7H2,(H,14,15). The minimum absolute atomic E-state index is 0.0906. The van der Waals surface area contributed by atoms with Gasteiger partial charge >= 0.3 is 18.1 Å². The third-order valence-corrected chi connectivity index (χ3v) is 8.24. The Morgan fingerprint density at radius 2 is 1.69 bits per heavy atom. The predicted octanol–water partition coefficient (Wildman–Crippen LogP) is 4.21. The van der Waals surface area contributed by atoms with Crippen LogP contribution in [0.3, 0.4) is 0 Å². The number of aliphatic carboxylic acids is 1. The molecule has 1 atom stereocenters. The number of alkyl halides is 3. The Bertz CT molecular complexity index is 2020. The molecule has 0 aliphatic rings. The lowest BCUT2D eigenvalue weighted by Gasteiger charge is -2.27. The van der Waals surface area contributed by atoms with E-state index in [1.54, 1.807) is 66.9 Å². The first-order valence-corrected chi connectivity index (χ1v) is 15.6. The number of esters is 1. The van der Waals surface area contributed by atoms with Crippen LogP contribution in [0, 0.1) is 0 Å². The number of aromatic nitrogens is 3. The number of rotatable bonds is 11. The Morgan fingerprint density at radius 1 is 0.958 bits per heavy atom. The third kappa shape index (κ3) is 9.04. The maximum Gasteiger partial charge on any atom is 0.490 e. The van der Waals surface area contributed by atoms with Crippen molar-refractivity contribution in [2.24, 2.45) is 0 Å². The summed E-state index contributed by atoms with van der Waals surface area (Å²) in [7, 11) is -4.30. The van der Waals surface area contributed by atoms with Crippen molar-refractivity contribution in [3.05, 3.63) is 96.8 Å². The summed E-state index contributed by atoms with van der Waals surface area (Å²) in [6.07, 6.45) is -1.54. The van der Waals surface area contributed by atoms with Crippen LogP contribution in [-0.2, 0) is 24.3 Å². The van der Waals surface area contributed by atoms with Crippen molar-refractivity contribution < 1.29 is 45.8 Å². The average molecular weight is 687 g/mol. The van der Waals surface area contributed by atoms with E-state index in [2.05, 4.69) is 35.3 Å². The highest BCUT2D eigenvalue weighted by Crippen LogP contribution is 2.24. The molecule has 0 fully saturated rings. The van der Waals surface area contributed by atoms with Crippen LogP contribution < -0.4 is 15.4 Å². The predicted molar refractivity (Wildman–Crippen MR) is 168 cm³/mol. The minimum atomic E-state index is -4.92. The molecule has 13 nitrogen and oxygen atoms in total. The number of carboxylic acids is 1. The lowest BCUT2D eigenvalue weighted by atomic mass is 10.1. The van der Waals surface area contributed by atoms with Crippen LogP contribution in [0.5, 0.6) is 0 Å². The number of sulfonamides is 1. The van der Waals surface area contributed by atoms with Crippen LogP contribution in [0.25, 0.3) is 21.7 Å². The smallest absolute Gasteiger partial charge is 0.478 e. The van der Waals surface area contributed by atoms with Gasteiger partial charge in [-0.25, -0.2) is 23.0 Å². The van der Waals surface area contributed by atoms with Gasteiger partial charge in [-0.05, 0) is 55.1 Å². The molecule has 5 rings (SSSR count). The number of nitrogens with one attached hydrogen (secondary N) is 4. The SMILES string of the molecule is CC(NC(=O)c1ccc2[nH]ncc2c1)(NS(=O)(=O)c1cccc2ccccc12)C(=O)O.O=C(OCCCNc1ccccn1)C(F)(F)F. The molecule has 1 amide bonds. The number of hydrogen-bond donors (Lipinski definition) is 5. The van der Waals surface area contributed by atoms with Crippen molar-refractivity contribution in [3.8, 4) is 0 Å². The van der Waals surface area contributed by atoms with Gasteiger partial charge in [0.05, 0.1) is 23.2 Å². The molecule has 1 unspecified atom stereocenters. The molecule has 0 aliphatic heterocycles. The summed E-state index contributed by atoms with van der Waals surface area (Å²) < 4.78 is 67.5. The van der Waals surface area contributed by atoms with E-state index in [9.17, 15) is 41.1 Å². The molecule has 2 aromatic heterocycles. The zero-order chi connectivity index (χ0) is 35.0. The lowest BCUT2D eigenvalue weighted by molar-refractivity contribution is -0.199. The van der Waals surface area contributed by atoms with Crippen LogP contribution in [0.4, 0.5) is 19.0 Å². The molecule has 5 aromatic rings. The second-order valence-electron chi connectivity index (χ2n) is 10.3. The topological polar surface area (TPSA) is 192 Å². The number of nitrogens with zero attached hydrogens (tertiary/aromatic N) is 2. The highest BCUT2D eigenvalue weighted by atomic mass is 32.2. The number of ether oxygens (including phenoxy) is 1. The van der Waals surface area contributed by atoms with Crippen molar-refractivity contribution >= 4 is 55.4 Å². The van der Waals surface area contributed by atoms with E-state index in [1.807, 2.05) is 0 Å². The lowest BCUT2D eigenvalue weighted by Crippen LogP contribution is -2.63. The second-order valence-corrected chi connectivity index (χ2v) is 11.9. The zero-order valence-corrected chi connectivity index (χ0v) is 25.9. The van der Waals surface area contributed by atoms with E-state index in [4.69, 9.17) is 0 Å². The van der Waals surface area contributed by atoms with E-state index in [1.165, 1.54) is 24.4 Å². The van der Waals surface area contributed by atoms with Crippen molar-refractivity contribution in [2.45, 2.75) is 30.1 Å². The molecule has 0 aliphatic carbocycles. The van der Waals surface area contributed by atoms with Gasteiger partial charge in [0.2, 0.25) is 15.7 Å². The molecule has 0 radical (unpaired) electrons. The number of anilines is 1. The van der Waals surface area contributed by atoms with Crippen LogP contribution in [0.15, 0.2) is 96.2 Å². The second kappa shape index (κ2) is 14.9. The van der Waals surface area contributed by atoms with Gasteiger partial charge in [0.25, 0.3) is 5.91 Å². The maximum atomic E-state index is 13.1. The van der Waals surface area contributed by atoms with E-state index in [-0.39, 0.29) is 23.5 Å². The number of hydrogen-bond acceptors (Lipinski definition) is 9. The number of H-pyrrole nitrogens is 1. The first-order chi connectivity index (χ1) is 22.7. The molecule has 252 valence electrons. The molecule has 3 aromatic carbocycles. The summed E-state index contributed by atoms with van der Waals surface area (Å²) in [6, 6.07) is 21.4. The summed E-state index contributed by atoms with van der Waals surface area (Å²) in [5.74, 6) is -3.85. The quantitative estimate of drug-likeness (QED) is 0.0764. The molecular formula is C31H29F3N6O7S. The molecule has 0 spiro atoms. The summed E-state index contributed by atoms with van der Waals surface area (Å²) >= 11 is 0. The molecule has 0 saturated heterocycles. The van der Waals surface area contributed by atoms with Gasteiger partial charge in [0.1, 0.15) is 5.82 Å². The van der Waals surface area contributed by atoms with Gasteiger partial charge in [-0.3, -0.25) is 9.89 Å². The largest absolute Gasteiger partial charge is 0.490 e. The highest BCUT2D eigenvalue weighted by molar-refractivity contribution is 7.89. The number of carbonyl (C=O) groups is 3. The molecule has 5 N–H and O–H groups in total. The molecule has 0 bridgehead atoms. The third-order valence-electron chi connectivity index (χ3n) is 6.63. The van der Waals surface area contributed by atoms with Crippen LogP contribution in [0.2, 0.25) is 0 Å². The Labute approximate surface area is 271 Å². The maximum absolute atomic E-state index is 13.1. The van der Waals surface area contributed by atoms with Crippen molar-refractivity contribution in [3.63, 3.8) is 0 Å². The number of benzene rings is 3. The Morgan fingerprint density at radius 3 is 2.40 bits per heavy atom. The molecule has 2 heterocycles. The number of halogens is 3. The number of amides is 1. The molecular weight excluding hydrogens is 657 g/mol. The van der Waals surface area contributed by atoms with Gasteiger partial charge in [0, 0.05) is 29.1 Å². The Kier molecular flexibility index (Phi) is 11.0. The van der Waals surface area contributed by atoms with E-state index in [0.717, 1.165) is 6.92 Å². The van der Waals surface area contributed by atoms with Gasteiger partial charge in [-0.15, -0.1) is 0 Å². The summed E-state index contributed by atoms with van der Waals surface area (Å²) in [5.41, 5.74) is -1.43. The Balaban J connectivity index is 0.000000260. The minimum Gasteiger partial charge on any atom is -0.478 e. The van der Waals surface area contributed by atoms with Crippen molar-refractivity contribution in [1.82, 2.24) is 25.2 Å². The molecule has 48 heavy (non-hydrogen) atoms. The Hall–Kier alpha value is -5.55. The summed E-state index contributed by atoms with van der Waals surface area (Å²) in [4.78, 5) is 38.9. The van der Waals surface area contributed by atoms with Gasteiger partial charge in [0.15, 0.2) is 0 Å². The van der Waals surface area contributed by atoms with Crippen LogP contribution >= 0.6 is 0 Å². The summed E-state index contributed by atoms with van der Waals surface area (Å²) in [6.45, 7) is 1.17. The first-order valence-electron chi connectivity index (χ1n) is 14.1. The highest BCUT2D eigenvalue weighted by Gasteiger charge is 2.41. The fraction of sp³-hybridized carbons (Fsp3) is 0.194. The van der Waals surface area contributed by atoms with Gasteiger partial charge in [-0.2, -0.15) is 23.0 Å².